The number of methoxy groups -OCH3 is 2. The molecule has 0 aliphatic carbocycles. The van der Waals surface area contributed by atoms with Crippen LogP contribution in [0.4, 0.5) is 0 Å². The number of unbranched alkanes of at least 4 members (excludes halogenated alkanes) is 2. The smallest absolute Gasteiger partial charge is 0.333 e. The van der Waals surface area contributed by atoms with Gasteiger partial charge in [-0.3, -0.25) is 0 Å². The number of allylic oxidation sites excluding steroid dienone is 1. The molecule has 0 aliphatic rings. The Labute approximate surface area is 79.7 Å². The number of carbonyl (C=O) groups excluding carboxylic acids is 1. The van der Waals surface area contributed by atoms with E-state index in [0.29, 0.717) is 5.76 Å². The molecule has 76 valence electrons. The molecule has 0 aromatic carbocycles. The quantitative estimate of drug-likeness (QED) is 0.276. The lowest BCUT2D eigenvalue weighted by molar-refractivity contribution is -0.135. The molecule has 3 heteroatoms. The zero-order valence-electron chi connectivity index (χ0n) is 8.63. The average molecular weight is 186 g/mol. The van der Waals surface area contributed by atoms with Crippen LogP contribution in [0.25, 0.3) is 0 Å². The fourth-order valence-electron chi connectivity index (χ4n) is 0.973. The van der Waals surface area contributed by atoms with E-state index in [1.165, 1.54) is 13.2 Å². The lowest BCUT2D eigenvalue weighted by Crippen LogP contribution is -1.98. The molecular weight excluding hydrogens is 168 g/mol. The fraction of sp³-hybridized carbons (Fsp3) is 0.700. The minimum absolute atomic E-state index is 0.353. The van der Waals surface area contributed by atoms with Gasteiger partial charge in [-0.1, -0.05) is 19.8 Å². The first-order chi connectivity index (χ1) is 6.24. The number of hydrogen-bond acceptors (Lipinski definition) is 3. The molecule has 0 saturated heterocycles. The van der Waals surface area contributed by atoms with Gasteiger partial charge in [0.2, 0.25) is 0 Å². The Morgan fingerprint density at radius 2 is 1.92 bits per heavy atom. The highest BCUT2D eigenvalue weighted by molar-refractivity contribution is 5.82. The zero-order chi connectivity index (χ0) is 10.1. The van der Waals surface area contributed by atoms with Gasteiger partial charge in [0.15, 0.2) is 0 Å². The predicted molar refractivity (Wildman–Crippen MR) is 51.3 cm³/mol. The van der Waals surface area contributed by atoms with Crippen LogP contribution < -0.4 is 0 Å². The van der Waals surface area contributed by atoms with Crippen molar-refractivity contribution in [2.45, 2.75) is 32.6 Å². The molecule has 0 unspecified atom stereocenters. The maximum Gasteiger partial charge on any atom is 0.333 e. The van der Waals surface area contributed by atoms with E-state index in [9.17, 15) is 4.79 Å². The molecule has 0 atom stereocenters. The summed E-state index contributed by atoms with van der Waals surface area (Å²) in [5.41, 5.74) is 0. The van der Waals surface area contributed by atoms with Crippen molar-refractivity contribution in [2.24, 2.45) is 0 Å². The van der Waals surface area contributed by atoms with Crippen LogP contribution in [-0.2, 0) is 14.3 Å². The Bertz CT molecular complexity index is 173. The van der Waals surface area contributed by atoms with Gasteiger partial charge < -0.3 is 9.47 Å². The molecule has 0 rings (SSSR count). The summed E-state index contributed by atoms with van der Waals surface area (Å²) in [5.74, 6) is 0.341. The van der Waals surface area contributed by atoms with Crippen LogP contribution in [-0.4, -0.2) is 20.2 Å². The Morgan fingerprint density at radius 1 is 1.23 bits per heavy atom. The molecule has 0 saturated carbocycles. The normalized spacial score (nSPS) is 11.2. The maximum atomic E-state index is 10.8. The SMILES string of the molecule is CCCCC/C(=C/C(=O)OC)OC. The first-order valence-corrected chi connectivity index (χ1v) is 4.57. The number of ether oxygens (including phenoxy) is 2. The summed E-state index contributed by atoms with van der Waals surface area (Å²) in [6.07, 6.45) is 5.57. The van der Waals surface area contributed by atoms with Crippen LogP contribution >= 0.6 is 0 Å². The predicted octanol–water partition coefficient (Wildman–Crippen LogP) is 2.27. The van der Waals surface area contributed by atoms with E-state index in [1.54, 1.807) is 7.11 Å². The molecule has 0 radical (unpaired) electrons. The summed E-state index contributed by atoms with van der Waals surface area (Å²) in [5, 5.41) is 0. The minimum atomic E-state index is -0.353. The van der Waals surface area contributed by atoms with E-state index in [2.05, 4.69) is 11.7 Å². The van der Waals surface area contributed by atoms with Crippen LogP contribution in [0, 0.1) is 0 Å². The van der Waals surface area contributed by atoms with Crippen molar-refractivity contribution in [1.82, 2.24) is 0 Å². The Balaban J connectivity index is 3.87. The van der Waals surface area contributed by atoms with Gasteiger partial charge in [0, 0.05) is 6.42 Å². The summed E-state index contributed by atoms with van der Waals surface area (Å²) in [4.78, 5) is 10.8. The van der Waals surface area contributed by atoms with Gasteiger partial charge in [-0.25, -0.2) is 4.79 Å². The maximum absolute atomic E-state index is 10.8. The Hall–Kier alpha value is -0.990. The van der Waals surface area contributed by atoms with Crippen LogP contribution in [0.3, 0.4) is 0 Å². The second kappa shape index (κ2) is 7.65. The van der Waals surface area contributed by atoms with Crippen molar-refractivity contribution in [3.05, 3.63) is 11.8 Å². The highest BCUT2D eigenvalue weighted by Gasteiger charge is 2.00. The average Bonchev–Trinajstić information content (AvgIpc) is 2.16. The van der Waals surface area contributed by atoms with Crippen LogP contribution in [0.1, 0.15) is 32.6 Å². The van der Waals surface area contributed by atoms with Crippen molar-refractivity contribution in [1.29, 1.82) is 0 Å². The third-order valence-corrected chi connectivity index (χ3v) is 1.77. The first-order valence-electron chi connectivity index (χ1n) is 4.57. The molecule has 0 bridgehead atoms. The molecular formula is C10H18O3. The monoisotopic (exact) mass is 186 g/mol. The van der Waals surface area contributed by atoms with E-state index in [0.717, 1.165) is 25.7 Å². The third-order valence-electron chi connectivity index (χ3n) is 1.77. The van der Waals surface area contributed by atoms with Crippen molar-refractivity contribution >= 4 is 5.97 Å². The van der Waals surface area contributed by atoms with Crippen LogP contribution in [0.2, 0.25) is 0 Å². The van der Waals surface area contributed by atoms with Crippen molar-refractivity contribution < 1.29 is 14.3 Å². The molecule has 0 spiro atoms. The molecule has 0 amide bonds. The van der Waals surface area contributed by atoms with Gasteiger partial charge in [-0.05, 0) is 6.42 Å². The lowest BCUT2D eigenvalue weighted by Gasteiger charge is -2.04. The van der Waals surface area contributed by atoms with Crippen molar-refractivity contribution in [2.75, 3.05) is 14.2 Å². The largest absolute Gasteiger partial charge is 0.501 e. The first kappa shape index (κ1) is 12.0. The summed E-state index contributed by atoms with van der Waals surface area (Å²) in [7, 11) is 2.93. The number of esters is 1. The highest BCUT2D eigenvalue weighted by Crippen LogP contribution is 2.09. The van der Waals surface area contributed by atoms with Crippen LogP contribution in [0.15, 0.2) is 11.8 Å². The second-order valence-electron chi connectivity index (χ2n) is 2.80. The molecule has 0 heterocycles. The summed E-state index contributed by atoms with van der Waals surface area (Å²) in [6, 6.07) is 0. The van der Waals surface area contributed by atoms with E-state index in [-0.39, 0.29) is 5.97 Å². The summed E-state index contributed by atoms with van der Waals surface area (Å²) < 4.78 is 9.52. The van der Waals surface area contributed by atoms with E-state index >= 15 is 0 Å². The minimum Gasteiger partial charge on any atom is -0.501 e. The second-order valence-corrected chi connectivity index (χ2v) is 2.80. The molecule has 0 fully saturated rings. The Kier molecular flexibility index (Phi) is 7.07. The third kappa shape index (κ3) is 6.20. The standard InChI is InChI=1S/C10H18O3/c1-4-5-6-7-9(12-2)8-10(11)13-3/h8H,4-7H2,1-3H3/b9-8-. The van der Waals surface area contributed by atoms with Crippen molar-refractivity contribution in [3.8, 4) is 0 Å². The van der Waals surface area contributed by atoms with Crippen molar-refractivity contribution in [3.63, 3.8) is 0 Å². The number of hydrogen-bond donors (Lipinski definition) is 0. The molecule has 0 aromatic heterocycles. The van der Waals surface area contributed by atoms with E-state index in [4.69, 9.17) is 4.74 Å². The molecule has 3 nitrogen and oxygen atoms in total. The lowest BCUT2D eigenvalue weighted by atomic mass is 10.2. The Morgan fingerprint density at radius 3 is 2.38 bits per heavy atom. The molecule has 0 N–H and O–H groups in total. The fourth-order valence-corrected chi connectivity index (χ4v) is 0.973. The molecule has 0 aliphatic heterocycles. The van der Waals surface area contributed by atoms with Crippen LogP contribution in [0.5, 0.6) is 0 Å². The zero-order valence-corrected chi connectivity index (χ0v) is 8.63. The number of carbonyl (C=O) groups is 1. The van der Waals surface area contributed by atoms with Gasteiger partial charge >= 0.3 is 5.97 Å². The van der Waals surface area contributed by atoms with E-state index < -0.39 is 0 Å². The van der Waals surface area contributed by atoms with Gasteiger partial charge in [-0.2, -0.15) is 0 Å². The topological polar surface area (TPSA) is 35.5 Å². The van der Waals surface area contributed by atoms with Gasteiger partial charge in [0.1, 0.15) is 5.76 Å². The summed E-state index contributed by atoms with van der Waals surface area (Å²) in [6.45, 7) is 2.14. The van der Waals surface area contributed by atoms with E-state index in [1.807, 2.05) is 0 Å². The number of rotatable bonds is 6. The highest BCUT2D eigenvalue weighted by atomic mass is 16.5. The van der Waals surface area contributed by atoms with Gasteiger partial charge in [0.25, 0.3) is 0 Å². The molecule has 0 aromatic rings. The molecule has 13 heavy (non-hydrogen) atoms. The van der Waals surface area contributed by atoms with Gasteiger partial charge in [0.05, 0.1) is 20.3 Å². The van der Waals surface area contributed by atoms with Gasteiger partial charge in [-0.15, -0.1) is 0 Å². The summed E-state index contributed by atoms with van der Waals surface area (Å²) >= 11 is 0.